The first-order chi connectivity index (χ1) is 6.25. The van der Waals surface area contributed by atoms with Crippen LogP contribution in [0.25, 0.3) is 0 Å². The Morgan fingerprint density at radius 3 is 3.08 bits per heavy atom. The maximum absolute atomic E-state index is 5.88. The SMILES string of the molecule is C=CCCCc1nccc(C)c1N. The molecule has 70 valence electrons. The van der Waals surface area contributed by atoms with Gasteiger partial charge in [0.25, 0.3) is 0 Å². The predicted octanol–water partition coefficient (Wildman–Crippen LogP) is 2.48. The Kier molecular flexibility index (Phi) is 3.50. The summed E-state index contributed by atoms with van der Waals surface area (Å²) in [5, 5.41) is 0. The number of allylic oxidation sites excluding steroid dienone is 1. The number of rotatable bonds is 4. The Bertz CT molecular complexity index is 292. The minimum atomic E-state index is 0.839. The molecule has 0 aliphatic carbocycles. The van der Waals surface area contributed by atoms with Crippen LogP contribution >= 0.6 is 0 Å². The molecule has 0 bridgehead atoms. The number of nitrogens with two attached hydrogens (primary N) is 1. The van der Waals surface area contributed by atoms with Gasteiger partial charge in [-0.1, -0.05) is 6.08 Å². The Morgan fingerprint density at radius 1 is 1.62 bits per heavy atom. The second kappa shape index (κ2) is 4.65. The topological polar surface area (TPSA) is 38.9 Å². The lowest BCUT2D eigenvalue weighted by atomic mass is 10.1. The third-order valence-corrected chi connectivity index (χ3v) is 2.11. The molecule has 1 aromatic heterocycles. The van der Waals surface area contributed by atoms with Crippen molar-refractivity contribution in [2.75, 3.05) is 5.73 Å². The highest BCUT2D eigenvalue weighted by Gasteiger charge is 2.01. The first-order valence-corrected chi connectivity index (χ1v) is 4.56. The minimum absolute atomic E-state index is 0.839. The molecule has 0 saturated carbocycles. The second-order valence-corrected chi connectivity index (χ2v) is 3.17. The average molecular weight is 176 g/mol. The number of hydrogen-bond acceptors (Lipinski definition) is 2. The zero-order valence-electron chi connectivity index (χ0n) is 8.09. The van der Waals surface area contributed by atoms with Gasteiger partial charge in [-0.2, -0.15) is 0 Å². The lowest BCUT2D eigenvalue weighted by molar-refractivity contribution is 0.820. The quantitative estimate of drug-likeness (QED) is 0.565. The smallest absolute Gasteiger partial charge is 0.0635 e. The Hall–Kier alpha value is -1.31. The molecule has 1 aromatic rings. The number of hydrogen-bond donors (Lipinski definition) is 1. The third kappa shape index (κ3) is 2.58. The summed E-state index contributed by atoms with van der Waals surface area (Å²) >= 11 is 0. The largest absolute Gasteiger partial charge is 0.397 e. The van der Waals surface area contributed by atoms with Crippen molar-refractivity contribution in [3.63, 3.8) is 0 Å². The van der Waals surface area contributed by atoms with E-state index >= 15 is 0 Å². The molecule has 0 amide bonds. The van der Waals surface area contributed by atoms with Crippen molar-refractivity contribution >= 4 is 5.69 Å². The molecule has 0 fully saturated rings. The molecule has 1 rings (SSSR count). The molecular weight excluding hydrogens is 160 g/mol. The van der Waals surface area contributed by atoms with Gasteiger partial charge in [0.15, 0.2) is 0 Å². The highest BCUT2D eigenvalue weighted by Crippen LogP contribution is 2.15. The van der Waals surface area contributed by atoms with Crippen LogP contribution in [0.15, 0.2) is 24.9 Å². The number of nitrogens with zero attached hydrogens (tertiary/aromatic N) is 1. The van der Waals surface area contributed by atoms with Gasteiger partial charge in [-0.25, -0.2) is 0 Å². The van der Waals surface area contributed by atoms with Crippen LogP contribution in [0.5, 0.6) is 0 Å². The van der Waals surface area contributed by atoms with E-state index < -0.39 is 0 Å². The molecule has 2 heteroatoms. The van der Waals surface area contributed by atoms with Crippen LogP contribution in [0.4, 0.5) is 5.69 Å². The van der Waals surface area contributed by atoms with Gasteiger partial charge in [-0.15, -0.1) is 6.58 Å². The first-order valence-electron chi connectivity index (χ1n) is 4.56. The number of pyridine rings is 1. The van der Waals surface area contributed by atoms with Crippen molar-refractivity contribution in [2.45, 2.75) is 26.2 Å². The molecule has 0 saturated heterocycles. The van der Waals surface area contributed by atoms with E-state index in [0.29, 0.717) is 0 Å². The van der Waals surface area contributed by atoms with Crippen LogP contribution in [0.2, 0.25) is 0 Å². The van der Waals surface area contributed by atoms with Gasteiger partial charge in [0.1, 0.15) is 0 Å². The fraction of sp³-hybridized carbons (Fsp3) is 0.364. The Morgan fingerprint density at radius 2 is 2.38 bits per heavy atom. The molecule has 0 aliphatic rings. The number of nitrogen functional groups attached to an aromatic ring is 1. The zero-order valence-corrected chi connectivity index (χ0v) is 8.09. The average Bonchev–Trinajstić information content (AvgIpc) is 2.13. The highest BCUT2D eigenvalue weighted by atomic mass is 14.7. The van der Waals surface area contributed by atoms with Gasteiger partial charge in [0.2, 0.25) is 0 Å². The van der Waals surface area contributed by atoms with E-state index in [9.17, 15) is 0 Å². The van der Waals surface area contributed by atoms with Crippen molar-refractivity contribution in [1.29, 1.82) is 0 Å². The molecule has 0 aliphatic heterocycles. The molecule has 0 spiro atoms. The summed E-state index contributed by atoms with van der Waals surface area (Å²) in [7, 11) is 0. The number of aryl methyl sites for hydroxylation is 2. The fourth-order valence-corrected chi connectivity index (χ4v) is 1.24. The molecule has 0 atom stereocenters. The number of anilines is 1. The van der Waals surface area contributed by atoms with Gasteiger partial charge in [0.05, 0.1) is 11.4 Å². The normalized spacial score (nSPS) is 9.92. The minimum Gasteiger partial charge on any atom is -0.397 e. The van der Waals surface area contributed by atoms with E-state index in [1.54, 1.807) is 0 Å². The molecule has 2 nitrogen and oxygen atoms in total. The molecule has 0 aromatic carbocycles. The lowest BCUT2D eigenvalue weighted by Crippen LogP contribution is -1.99. The van der Waals surface area contributed by atoms with Crippen molar-refractivity contribution in [3.05, 3.63) is 36.2 Å². The van der Waals surface area contributed by atoms with E-state index in [1.165, 1.54) is 0 Å². The summed E-state index contributed by atoms with van der Waals surface area (Å²) in [6.07, 6.45) is 6.78. The van der Waals surface area contributed by atoms with Gasteiger partial charge in [-0.3, -0.25) is 4.98 Å². The Labute approximate surface area is 79.5 Å². The summed E-state index contributed by atoms with van der Waals surface area (Å²) in [6.45, 7) is 5.69. The lowest BCUT2D eigenvalue weighted by Gasteiger charge is -2.05. The van der Waals surface area contributed by atoms with E-state index in [2.05, 4.69) is 11.6 Å². The van der Waals surface area contributed by atoms with Crippen LogP contribution in [0.1, 0.15) is 24.1 Å². The van der Waals surface area contributed by atoms with Crippen molar-refractivity contribution in [2.24, 2.45) is 0 Å². The van der Waals surface area contributed by atoms with E-state index in [4.69, 9.17) is 5.73 Å². The molecule has 1 heterocycles. The van der Waals surface area contributed by atoms with E-state index in [1.807, 2.05) is 25.3 Å². The van der Waals surface area contributed by atoms with Gasteiger partial charge < -0.3 is 5.73 Å². The summed E-state index contributed by atoms with van der Waals surface area (Å²) in [5.74, 6) is 0. The van der Waals surface area contributed by atoms with Gasteiger partial charge in [-0.05, 0) is 37.8 Å². The molecule has 0 radical (unpaired) electrons. The molecule has 0 unspecified atom stereocenters. The highest BCUT2D eigenvalue weighted by molar-refractivity contribution is 5.49. The van der Waals surface area contributed by atoms with Crippen molar-refractivity contribution in [3.8, 4) is 0 Å². The van der Waals surface area contributed by atoms with Crippen LogP contribution in [0.3, 0.4) is 0 Å². The van der Waals surface area contributed by atoms with E-state index in [-0.39, 0.29) is 0 Å². The zero-order chi connectivity index (χ0) is 9.68. The van der Waals surface area contributed by atoms with Crippen LogP contribution in [-0.2, 0) is 6.42 Å². The summed E-state index contributed by atoms with van der Waals surface area (Å²) in [6, 6.07) is 1.94. The summed E-state index contributed by atoms with van der Waals surface area (Å²) in [5.41, 5.74) is 8.85. The van der Waals surface area contributed by atoms with Crippen LogP contribution in [0, 0.1) is 6.92 Å². The first kappa shape index (κ1) is 9.78. The molecule has 2 N–H and O–H groups in total. The fourth-order valence-electron chi connectivity index (χ4n) is 1.24. The van der Waals surface area contributed by atoms with Crippen LogP contribution < -0.4 is 5.73 Å². The van der Waals surface area contributed by atoms with E-state index in [0.717, 1.165) is 36.2 Å². The maximum atomic E-state index is 5.88. The summed E-state index contributed by atoms with van der Waals surface area (Å²) in [4.78, 5) is 4.25. The van der Waals surface area contributed by atoms with Crippen molar-refractivity contribution in [1.82, 2.24) is 4.98 Å². The Balaban J connectivity index is 2.65. The van der Waals surface area contributed by atoms with Crippen LogP contribution in [-0.4, -0.2) is 4.98 Å². The predicted molar refractivity (Wildman–Crippen MR) is 56.5 cm³/mol. The standard InChI is InChI=1S/C11H16N2/c1-3-4-5-6-10-11(12)9(2)7-8-13-10/h3,7-8H,1,4-6,12H2,2H3. The number of unbranched alkanes of at least 4 members (excludes halogenated alkanes) is 1. The monoisotopic (exact) mass is 176 g/mol. The summed E-state index contributed by atoms with van der Waals surface area (Å²) < 4.78 is 0. The second-order valence-electron chi connectivity index (χ2n) is 3.17. The number of aromatic nitrogens is 1. The molecular formula is C11H16N2. The molecule has 13 heavy (non-hydrogen) atoms. The third-order valence-electron chi connectivity index (χ3n) is 2.11. The van der Waals surface area contributed by atoms with Crippen molar-refractivity contribution < 1.29 is 0 Å². The maximum Gasteiger partial charge on any atom is 0.0635 e. The van der Waals surface area contributed by atoms with Gasteiger partial charge in [0, 0.05) is 6.20 Å². The van der Waals surface area contributed by atoms with Gasteiger partial charge >= 0.3 is 0 Å².